The van der Waals surface area contributed by atoms with Gasteiger partial charge >= 0.3 is 17.9 Å². The largest absolute Gasteiger partial charge is 0.462 e. The number of hydrogen-bond acceptors (Lipinski definition) is 6. The summed E-state index contributed by atoms with van der Waals surface area (Å²) >= 11 is 0. The molecule has 0 aromatic rings. The second-order valence-electron chi connectivity index (χ2n) is 20.6. The van der Waals surface area contributed by atoms with Crippen LogP contribution in [-0.2, 0) is 28.6 Å². The Balaban J connectivity index is 4.16. The van der Waals surface area contributed by atoms with E-state index in [9.17, 15) is 14.4 Å². The number of rotatable bonds is 56. The maximum Gasteiger partial charge on any atom is 0.306 e. The van der Waals surface area contributed by atoms with Gasteiger partial charge in [-0.15, -0.1) is 0 Å². The van der Waals surface area contributed by atoms with Gasteiger partial charge in [0.2, 0.25) is 0 Å². The highest BCUT2D eigenvalue weighted by atomic mass is 16.6. The van der Waals surface area contributed by atoms with Crippen molar-refractivity contribution in [1.29, 1.82) is 0 Å². The Morgan fingerprint density at radius 1 is 0.292 bits per heavy atom. The van der Waals surface area contributed by atoms with E-state index in [1.807, 2.05) is 0 Å². The molecule has 6 nitrogen and oxygen atoms in total. The Hall–Kier alpha value is -3.15. The quantitative estimate of drug-likeness (QED) is 0.0261. The van der Waals surface area contributed by atoms with E-state index in [4.69, 9.17) is 14.2 Å². The van der Waals surface area contributed by atoms with Crippen LogP contribution in [0.1, 0.15) is 310 Å². The van der Waals surface area contributed by atoms with Crippen molar-refractivity contribution in [3.05, 3.63) is 72.9 Å². The molecule has 0 aliphatic heterocycles. The summed E-state index contributed by atoms with van der Waals surface area (Å²) in [6.45, 7) is 6.44. The molecular weight excluding hydrogens is 889 g/mol. The van der Waals surface area contributed by atoms with Crippen molar-refractivity contribution in [2.24, 2.45) is 0 Å². The van der Waals surface area contributed by atoms with Gasteiger partial charge in [-0.3, -0.25) is 14.4 Å². The number of esters is 3. The fourth-order valence-corrected chi connectivity index (χ4v) is 8.79. The minimum Gasteiger partial charge on any atom is -0.462 e. The lowest BCUT2D eigenvalue weighted by atomic mass is 10.0. The second kappa shape index (κ2) is 60.4. The van der Waals surface area contributed by atoms with Gasteiger partial charge in [0.15, 0.2) is 6.10 Å². The molecule has 0 aromatic heterocycles. The number of unbranched alkanes of at least 4 members (excludes halogenated alkanes) is 33. The minimum atomic E-state index is -0.799. The summed E-state index contributed by atoms with van der Waals surface area (Å²) in [5, 5.41) is 0. The van der Waals surface area contributed by atoms with Crippen LogP contribution in [0, 0.1) is 0 Å². The van der Waals surface area contributed by atoms with E-state index in [2.05, 4.69) is 93.7 Å². The van der Waals surface area contributed by atoms with Gasteiger partial charge < -0.3 is 14.2 Å². The van der Waals surface area contributed by atoms with Crippen LogP contribution in [0.5, 0.6) is 0 Å². The second-order valence-corrected chi connectivity index (χ2v) is 20.6. The maximum absolute atomic E-state index is 12.8. The van der Waals surface area contributed by atoms with E-state index in [1.54, 1.807) is 0 Å². The third-order valence-electron chi connectivity index (χ3n) is 13.4. The van der Waals surface area contributed by atoms with Gasteiger partial charge in [0, 0.05) is 19.3 Å². The van der Waals surface area contributed by atoms with E-state index < -0.39 is 6.10 Å². The SMILES string of the molecule is CC/C=C\C/C=C\C/C=C\C/C=C\CCCCC(=O)OC(COC(=O)CCCCCCC/C=C\CCC)COC(=O)CCCCCCCCCCCCCCCCCCC/C=C\CCCCCCCCCC. The third kappa shape index (κ3) is 57.7. The Labute approximate surface area is 446 Å². The Morgan fingerprint density at radius 2 is 0.569 bits per heavy atom. The number of carbonyl (C=O) groups is 3. The predicted molar refractivity (Wildman–Crippen MR) is 311 cm³/mol. The molecule has 1 unspecified atom stereocenters. The normalized spacial score (nSPS) is 12.5. The minimum absolute atomic E-state index is 0.0930. The fraction of sp³-hybridized carbons (Fsp3) is 0.773. The summed E-state index contributed by atoms with van der Waals surface area (Å²) in [6.07, 6.45) is 78.0. The first-order valence-corrected chi connectivity index (χ1v) is 30.9. The molecule has 0 saturated heterocycles. The molecule has 0 amide bonds. The van der Waals surface area contributed by atoms with Gasteiger partial charge in [-0.05, 0) is 103 Å². The molecule has 0 aliphatic rings. The highest BCUT2D eigenvalue weighted by Crippen LogP contribution is 2.17. The molecule has 0 N–H and O–H groups in total. The van der Waals surface area contributed by atoms with Gasteiger partial charge in [-0.25, -0.2) is 0 Å². The average Bonchev–Trinajstić information content (AvgIpc) is 3.38. The molecule has 6 heteroatoms. The van der Waals surface area contributed by atoms with Crippen LogP contribution in [0.15, 0.2) is 72.9 Å². The van der Waals surface area contributed by atoms with Crippen LogP contribution in [0.3, 0.4) is 0 Å². The molecule has 0 bridgehead atoms. The zero-order valence-corrected chi connectivity index (χ0v) is 47.7. The number of carbonyl (C=O) groups excluding carboxylic acids is 3. The highest BCUT2D eigenvalue weighted by molar-refractivity contribution is 5.71. The lowest BCUT2D eigenvalue weighted by Gasteiger charge is -2.18. The van der Waals surface area contributed by atoms with E-state index in [0.29, 0.717) is 19.3 Å². The van der Waals surface area contributed by atoms with Crippen molar-refractivity contribution >= 4 is 17.9 Å². The van der Waals surface area contributed by atoms with E-state index >= 15 is 0 Å². The monoisotopic (exact) mass is 1000 g/mol. The van der Waals surface area contributed by atoms with E-state index in [-0.39, 0.29) is 37.5 Å². The smallest absolute Gasteiger partial charge is 0.306 e. The molecule has 0 aromatic carbocycles. The molecule has 0 radical (unpaired) electrons. The summed E-state index contributed by atoms with van der Waals surface area (Å²) in [5.74, 6) is -0.938. The molecule has 0 spiro atoms. The van der Waals surface area contributed by atoms with Gasteiger partial charge in [0.1, 0.15) is 13.2 Å². The first-order valence-electron chi connectivity index (χ1n) is 30.9. The van der Waals surface area contributed by atoms with Crippen molar-refractivity contribution < 1.29 is 28.6 Å². The first kappa shape index (κ1) is 68.8. The molecule has 0 rings (SSSR count). The van der Waals surface area contributed by atoms with Gasteiger partial charge in [0.05, 0.1) is 0 Å². The van der Waals surface area contributed by atoms with Crippen LogP contribution >= 0.6 is 0 Å². The summed E-state index contributed by atoms with van der Waals surface area (Å²) in [4.78, 5) is 38.1. The van der Waals surface area contributed by atoms with Crippen LogP contribution in [0.25, 0.3) is 0 Å². The molecule has 416 valence electrons. The maximum atomic E-state index is 12.8. The zero-order valence-electron chi connectivity index (χ0n) is 47.7. The summed E-state index contributed by atoms with van der Waals surface area (Å²) < 4.78 is 16.8. The van der Waals surface area contributed by atoms with Gasteiger partial charge in [-0.2, -0.15) is 0 Å². The Kier molecular flexibility index (Phi) is 57.8. The van der Waals surface area contributed by atoms with Crippen LogP contribution in [0.2, 0.25) is 0 Å². The van der Waals surface area contributed by atoms with Crippen LogP contribution < -0.4 is 0 Å². The molecule has 0 heterocycles. The van der Waals surface area contributed by atoms with Crippen molar-refractivity contribution in [3.63, 3.8) is 0 Å². The molecule has 1 atom stereocenters. The van der Waals surface area contributed by atoms with Crippen molar-refractivity contribution in [2.45, 2.75) is 316 Å². The Morgan fingerprint density at radius 3 is 0.944 bits per heavy atom. The topological polar surface area (TPSA) is 78.9 Å². The summed E-state index contributed by atoms with van der Waals surface area (Å²) in [6, 6.07) is 0. The third-order valence-corrected chi connectivity index (χ3v) is 13.4. The van der Waals surface area contributed by atoms with Crippen LogP contribution in [0.4, 0.5) is 0 Å². The summed E-state index contributed by atoms with van der Waals surface area (Å²) in [5.41, 5.74) is 0. The lowest BCUT2D eigenvalue weighted by molar-refractivity contribution is -0.167. The molecule has 72 heavy (non-hydrogen) atoms. The first-order chi connectivity index (χ1) is 35.5. The number of ether oxygens (including phenoxy) is 3. The molecule has 0 fully saturated rings. The van der Waals surface area contributed by atoms with Crippen molar-refractivity contribution in [2.75, 3.05) is 13.2 Å². The van der Waals surface area contributed by atoms with Crippen molar-refractivity contribution in [3.8, 4) is 0 Å². The average molecular weight is 1010 g/mol. The Bertz CT molecular complexity index is 1340. The highest BCUT2D eigenvalue weighted by Gasteiger charge is 2.19. The van der Waals surface area contributed by atoms with Crippen molar-refractivity contribution in [1.82, 2.24) is 0 Å². The number of hydrogen-bond donors (Lipinski definition) is 0. The predicted octanol–water partition coefficient (Wildman–Crippen LogP) is 20.9. The van der Waals surface area contributed by atoms with Gasteiger partial charge in [0.25, 0.3) is 0 Å². The molecule has 0 aliphatic carbocycles. The number of allylic oxidation sites excluding steroid dienone is 12. The van der Waals surface area contributed by atoms with E-state index in [1.165, 1.54) is 167 Å². The lowest BCUT2D eigenvalue weighted by Crippen LogP contribution is -2.30. The van der Waals surface area contributed by atoms with E-state index in [0.717, 1.165) is 96.3 Å². The standard InChI is InChI=1S/C66H116O6/c1-4-7-10-13-16-19-22-24-26-27-28-29-30-31-32-33-34-35-36-37-38-39-41-42-44-47-50-53-56-59-65(68)71-62-63(61-70-64(67)58-55-52-49-46-21-18-15-12-9-6-3)72-66(69)60-57-54-51-48-45-43-40-25-23-20-17-14-11-8-5-2/h8,11-12,15,17,20,25,27-28,40,45,48,63H,4-7,9-10,13-14,16,18-19,21-24,26,29-39,41-44,46-47,49-62H2,1-3H3/b11-8-,15-12-,20-17-,28-27-,40-25-,48-45-. The molecular formula is C66H116O6. The summed E-state index contributed by atoms with van der Waals surface area (Å²) in [7, 11) is 0. The van der Waals surface area contributed by atoms with Crippen LogP contribution in [-0.4, -0.2) is 37.2 Å². The molecule has 0 saturated carbocycles. The fourth-order valence-electron chi connectivity index (χ4n) is 8.79. The van der Waals surface area contributed by atoms with Gasteiger partial charge in [-0.1, -0.05) is 261 Å². The zero-order chi connectivity index (χ0) is 52.2.